The first-order valence-electron chi connectivity index (χ1n) is 6.39. The topological polar surface area (TPSA) is 41.1 Å². The first-order chi connectivity index (χ1) is 8.66. The van der Waals surface area contributed by atoms with Crippen molar-refractivity contribution >= 4 is 33.2 Å². The van der Waals surface area contributed by atoms with Crippen molar-refractivity contribution < 1.29 is 4.79 Å². The largest absolute Gasteiger partial charge is 0.356 e. The number of carbonyl (C=O) groups is 1. The first-order valence-corrected chi connectivity index (χ1v) is 8.00. The Morgan fingerprint density at radius 2 is 2.28 bits per heavy atom. The summed E-state index contributed by atoms with van der Waals surface area (Å²) in [7, 11) is 0. The van der Waals surface area contributed by atoms with Gasteiger partial charge in [0.05, 0.1) is 9.20 Å². The molecule has 1 fully saturated rings. The summed E-state index contributed by atoms with van der Waals surface area (Å²) in [5, 5.41) is 6.38. The van der Waals surface area contributed by atoms with E-state index in [1.807, 2.05) is 6.92 Å². The average molecular weight is 331 g/mol. The summed E-state index contributed by atoms with van der Waals surface area (Å²) in [4.78, 5) is 13.3. The zero-order valence-electron chi connectivity index (χ0n) is 10.6. The molecule has 2 rings (SSSR count). The van der Waals surface area contributed by atoms with Crippen LogP contribution in [0.1, 0.15) is 31.1 Å². The molecule has 0 spiro atoms. The summed E-state index contributed by atoms with van der Waals surface area (Å²) in [6, 6.07) is 4.17. The molecule has 1 aliphatic carbocycles. The lowest BCUT2D eigenvalue weighted by molar-refractivity contribution is -0.135. The van der Waals surface area contributed by atoms with Crippen LogP contribution in [0.5, 0.6) is 0 Å². The van der Waals surface area contributed by atoms with E-state index >= 15 is 0 Å². The van der Waals surface area contributed by atoms with Gasteiger partial charge in [-0.05, 0) is 47.8 Å². The zero-order valence-corrected chi connectivity index (χ0v) is 13.0. The molecule has 1 amide bonds. The van der Waals surface area contributed by atoms with Crippen LogP contribution < -0.4 is 10.6 Å². The summed E-state index contributed by atoms with van der Waals surface area (Å²) in [5.74, 6) is 0.219. The van der Waals surface area contributed by atoms with Gasteiger partial charge < -0.3 is 10.6 Å². The summed E-state index contributed by atoms with van der Waals surface area (Å²) >= 11 is 5.19. The third-order valence-electron chi connectivity index (χ3n) is 3.52. The Labute approximate surface area is 120 Å². The monoisotopic (exact) mass is 330 g/mol. The lowest BCUT2D eigenvalue weighted by Gasteiger charge is -2.40. The van der Waals surface area contributed by atoms with Crippen LogP contribution in [-0.4, -0.2) is 19.0 Å². The van der Waals surface area contributed by atoms with E-state index in [-0.39, 0.29) is 11.3 Å². The maximum Gasteiger partial charge on any atom is 0.227 e. The van der Waals surface area contributed by atoms with Crippen molar-refractivity contribution in [3.05, 3.63) is 20.8 Å². The number of amides is 1. The van der Waals surface area contributed by atoms with E-state index in [1.54, 1.807) is 11.3 Å². The molecule has 2 N–H and O–H groups in total. The molecule has 1 aromatic rings. The Morgan fingerprint density at radius 1 is 1.50 bits per heavy atom. The highest BCUT2D eigenvalue weighted by Crippen LogP contribution is 2.40. The van der Waals surface area contributed by atoms with E-state index in [4.69, 9.17) is 0 Å². The summed E-state index contributed by atoms with van der Waals surface area (Å²) in [6.45, 7) is 4.32. The molecular weight excluding hydrogens is 312 g/mol. The second-order valence-electron chi connectivity index (χ2n) is 4.80. The minimum atomic E-state index is -0.148. The fourth-order valence-electron chi connectivity index (χ4n) is 2.31. The van der Waals surface area contributed by atoms with Gasteiger partial charge in [0.2, 0.25) is 5.91 Å². The minimum absolute atomic E-state index is 0.148. The third kappa shape index (κ3) is 3.13. The highest BCUT2D eigenvalue weighted by Gasteiger charge is 2.43. The van der Waals surface area contributed by atoms with Crippen LogP contribution in [0.2, 0.25) is 0 Å². The van der Waals surface area contributed by atoms with Gasteiger partial charge in [0, 0.05) is 24.5 Å². The Balaban J connectivity index is 1.82. The lowest BCUT2D eigenvalue weighted by Crippen LogP contribution is -2.51. The van der Waals surface area contributed by atoms with E-state index in [9.17, 15) is 4.79 Å². The molecule has 0 atom stereocenters. The van der Waals surface area contributed by atoms with Crippen molar-refractivity contribution in [1.29, 1.82) is 0 Å². The van der Waals surface area contributed by atoms with Crippen LogP contribution in [0.15, 0.2) is 15.9 Å². The minimum Gasteiger partial charge on any atom is -0.356 e. The third-order valence-corrected chi connectivity index (χ3v) is 5.14. The molecule has 1 saturated carbocycles. The van der Waals surface area contributed by atoms with Gasteiger partial charge in [-0.2, -0.15) is 0 Å². The number of rotatable bonds is 6. The Morgan fingerprint density at radius 3 is 2.78 bits per heavy atom. The van der Waals surface area contributed by atoms with Crippen LogP contribution in [0.4, 0.5) is 0 Å². The maximum atomic E-state index is 12.0. The van der Waals surface area contributed by atoms with Crippen LogP contribution in [0, 0.1) is 5.41 Å². The fraction of sp³-hybridized carbons (Fsp3) is 0.615. The summed E-state index contributed by atoms with van der Waals surface area (Å²) in [5.41, 5.74) is -0.148. The van der Waals surface area contributed by atoms with Crippen molar-refractivity contribution in [3.63, 3.8) is 0 Å². The SMILES string of the molecule is CCNC(=O)C1(CNCc2ccc(Br)s2)CCC1. The lowest BCUT2D eigenvalue weighted by atomic mass is 9.68. The van der Waals surface area contributed by atoms with Crippen molar-refractivity contribution in [2.24, 2.45) is 5.41 Å². The fourth-order valence-corrected chi connectivity index (χ4v) is 3.76. The predicted molar refractivity (Wildman–Crippen MR) is 78.7 cm³/mol. The molecule has 1 heterocycles. The molecule has 1 aromatic heterocycles. The Kier molecular flexibility index (Phi) is 4.81. The van der Waals surface area contributed by atoms with Crippen molar-refractivity contribution in [1.82, 2.24) is 10.6 Å². The van der Waals surface area contributed by atoms with E-state index in [0.29, 0.717) is 0 Å². The van der Waals surface area contributed by atoms with Crippen molar-refractivity contribution in [3.8, 4) is 0 Å². The van der Waals surface area contributed by atoms with Crippen LogP contribution in [0.3, 0.4) is 0 Å². The zero-order chi connectivity index (χ0) is 13.0. The van der Waals surface area contributed by atoms with Crippen LogP contribution >= 0.6 is 27.3 Å². The molecule has 0 aliphatic heterocycles. The van der Waals surface area contributed by atoms with Crippen molar-refractivity contribution in [2.45, 2.75) is 32.7 Å². The number of carbonyl (C=O) groups excluding carboxylic acids is 1. The molecule has 0 unspecified atom stereocenters. The number of halogens is 1. The van der Waals surface area contributed by atoms with Crippen molar-refractivity contribution in [2.75, 3.05) is 13.1 Å². The van der Waals surface area contributed by atoms with E-state index < -0.39 is 0 Å². The van der Waals surface area contributed by atoms with Gasteiger partial charge in [0.25, 0.3) is 0 Å². The van der Waals surface area contributed by atoms with Gasteiger partial charge in [-0.25, -0.2) is 0 Å². The normalized spacial score (nSPS) is 17.2. The first kappa shape index (κ1) is 14.0. The molecule has 18 heavy (non-hydrogen) atoms. The maximum absolute atomic E-state index is 12.0. The molecule has 1 aliphatic rings. The molecule has 5 heteroatoms. The van der Waals surface area contributed by atoms with Gasteiger partial charge in [-0.3, -0.25) is 4.79 Å². The molecule has 100 valence electrons. The smallest absolute Gasteiger partial charge is 0.227 e. The molecule has 0 radical (unpaired) electrons. The second kappa shape index (κ2) is 6.17. The molecule has 0 aromatic carbocycles. The summed E-state index contributed by atoms with van der Waals surface area (Å²) < 4.78 is 1.15. The number of hydrogen-bond acceptors (Lipinski definition) is 3. The van der Waals surface area contributed by atoms with E-state index in [0.717, 1.165) is 36.3 Å². The Bertz CT molecular complexity index is 415. The number of thiophene rings is 1. The van der Waals surface area contributed by atoms with Gasteiger partial charge in [-0.15, -0.1) is 11.3 Å². The van der Waals surface area contributed by atoms with Gasteiger partial charge in [0.1, 0.15) is 0 Å². The molecular formula is C13H19BrN2OS. The van der Waals surface area contributed by atoms with Crippen LogP contribution in [0.25, 0.3) is 0 Å². The summed E-state index contributed by atoms with van der Waals surface area (Å²) in [6.07, 6.45) is 3.20. The van der Waals surface area contributed by atoms with Crippen LogP contribution in [-0.2, 0) is 11.3 Å². The second-order valence-corrected chi connectivity index (χ2v) is 7.35. The van der Waals surface area contributed by atoms with Gasteiger partial charge >= 0.3 is 0 Å². The highest BCUT2D eigenvalue weighted by molar-refractivity contribution is 9.11. The predicted octanol–water partition coefficient (Wildman–Crippen LogP) is 2.91. The molecule has 3 nitrogen and oxygen atoms in total. The number of nitrogens with one attached hydrogen (secondary N) is 2. The van der Waals surface area contributed by atoms with E-state index in [2.05, 4.69) is 38.7 Å². The Hall–Kier alpha value is -0.390. The van der Waals surface area contributed by atoms with Gasteiger partial charge in [-0.1, -0.05) is 6.42 Å². The molecule has 0 bridgehead atoms. The standard InChI is InChI=1S/C13H19BrN2OS/c1-2-16-12(17)13(6-3-7-13)9-15-8-10-4-5-11(14)18-10/h4-5,15H,2-3,6-9H2,1H3,(H,16,17). The average Bonchev–Trinajstić information content (AvgIpc) is 2.68. The van der Waals surface area contributed by atoms with E-state index in [1.165, 1.54) is 11.3 Å². The number of hydrogen-bond donors (Lipinski definition) is 2. The molecule has 0 saturated heterocycles. The highest BCUT2D eigenvalue weighted by atomic mass is 79.9. The quantitative estimate of drug-likeness (QED) is 0.842. The van der Waals surface area contributed by atoms with Gasteiger partial charge in [0.15, 0.2) is 0 Å².